The van der Waals surface area contributed by atoms with Gasteiger partial charge in [-0.2, -0.15) is 0 Å². The van der Waals surface area contributed by atoms with E-state index < -0.39 is 12.2 Å². The molecule has 1 aromatic heterocycles. The van der Waals surface area contributed by atoms with Crippen molar-refractivity contribution in [2.24, 2.45) is 0 Å². The van der Waals surface area contributed by atoms with Crippen LogP contribution < -0.4 is 4.90 Å². The van der Waals surface area contributed by atoms with E-state index in [-0.39, 0.29) is 12.2 Å². The second kappa shape index (κ2) is 5.76. The van der Waals surface area contributed by atoms with Crippen molar-refractivity contribution in [1.82, 2.24) is 9.97 Å². The molecule has 122 valence electrons. The van der Waals surface area contributed by atoms with Gasteiger partial charge in [-0.25, -0.2) is 9.97 Å². The fourth-order valence-electron chi connectivity index (χ4n) is 3.31. The van der Waals surface area contributed by atoms with Crippen LogP contribution >= 0.6 is 0 Å². The minimum absolute atomic E-state index is 0.223. The highest BCUT2D eigenvalue weighted by Crippen LogP contribution is 2.36. The number of aliphatic hydroxyl groups excluding tert-OH is 2. The molecule has 1 spiro atoms. The fourth-order valence-corrected chi connectivity index (χ4v) is 3.31. The summed E-state index contributed by atoms with van der Waals surface area (Å²) in [7, 11) is 0. The molecule has 0 amide bonds. The van der Waals surface area contributed by atoms with Crippen molar-refractivity contribution in [3.05, 3.63) is 17.0 Å². The van der Waals surface area contributed by atoms with E-state index in [4.69, 9.17) is 4.74 Å². The van der Waals surface area contributed by atoms with Crippen molar-refractivity contribution >= 4 is 5.95 Å². The van der Waals surface area contributed by atoms with Gasteiger partial charge in [-0.05, 0) is 39.2 Å². The predicted molar refractivity (Wildman–Crippen MR) is 83.0 cm³/mol. The lowest BCUT2D eigenvalue weighted by molar-refractivity contribution is -0.178. The van der Waals surface area contributed by atoms with Gasteiger partial charge in [0.2, 0.25) is 5.95 Å². The Morgan fingerprint density at radius 2 is 1.64 bits per heavy atom. The number of aliphatic hydroxyl groups is 2. The summed E-state index contributed by atoms with van der Waals surface area (Å²) in [6.45, 7) is 7.92. The summed E-state index contributed by atoms with van der Waals surface area (Å²) < 4.78 is 5.86. The maximum absolute atomic E-state index is 9.91. The van der Waals surface area contributed by atoms with E-state index in [1.54, 1.807) is 0 Å². The Bertz CT molecular complexity index is 533. The van der Waals surface area contributed by atoms with Gasteiger partial charge in [0.1, 0.15) is 6.10 Å². The van der Waals surface area contributed by atoms with Crippen molar-refractivity contribution in [2.75, 3.05) is 24.6 Å². The smallest absolute Gasteiger partial charge is 0.225 e. The monoisotopic (exact) mass is 307 g/mol. The third-order valence-electron chi connectivity index (χ3n) is 5.16. The summed E-state index contributed by atoms with van der Waals surface area (Å²) >= 11 is 0. The molecular weight excluding hydrogens is 282 g/mol. The van der Waals surface area contributed by atoms with Crippen LogP contribution in [0.1, 0.15) is 36.2 Å². The van der Waals surface area contributed by atoms with Crippen LogP contribution in [0.25, 0.3) is 0 Å². The molecule has 6 nitrogen and oxygen atoms in total. The lowest BCUT2D eigenvalue weighted by Gasteiger charge is -2.46. The van der Waals surface area contributed by atoms with Gasteiger partial charge in [0.25, 0.3) is 0 Å². The molecule has 2 atom stereocenters. The predicted octanol–water partition coefficient (Wildman–Crippen LogP) is 0.883. The van der Waals surface area contributed by atoms with Crippen LogP contribution in [0.2, 0.25) is 0 Å². The van der Waals surface area contributed by atoms with Gasteiger partial charge in [0.15, 0.2) is 0 Å². The number of anilines is 1. The van der Waals surface area contributed by atoms with Crippen LogP contribution in [-0.4, -0.2) is 57.7 Å². The Kier molecular flexibility index (Phi) is 4.09. The van der Waals surface area contributed by atoms with Gasteiger partial charge in [-0.3, -0.25) is 0 Å². The summed E-state index contributed by atoms with van der Waals surface area (Å²) in [4.78, 5) is 11.4. The Hall–Kier alpha value is -1.24. The highest BCUT2D eigenvalue weighted by molar-refractivity contribution is 5.36. The molecule has 0 bridgehead atoms. The molecule has 2 N–H and O–H groups in total. The zero-order valence-corrected chi connectivity index (χ0v) is 13.5. The van der Waals surface area contributed by atoms with Crippen molar-refractivity contribution < 1.29 is 14.9 Å². The van der Waals surface area contributed by atoms with E-state index in [1.165, 1.54) is 0 Å². The first-order chi connectivity index (χ1) is 10.4. The molecule has 2 saturated heterocycles. The van der Waals surface area contributed by atoms with Crippen molar-refractivity contribution in [3.63, 3.8) is 0 Å². The maximum atomic E-state index is 9.91. The summed E-state index contributed by atoms with van der Waals surface area (Å²) in [5.41, 5.74) is 2.89. The van der Waals surface area contributed by atoms with Crippen LogP contribution in [0.15, 0.2) is 0 Å². The molecule has 2 aliphatic heterocycles. The van der Waals surface area contributed by atoms with Crippen molar-refractivity contribution in [3.8, 4) is 0 Å². The standard InChI is InChI=1S/C16H25N3O3/c1-10-11(2)17-15(18-12(10)3)19-6-4-16(5-7-19)8-13(20)14(21)9-22-16/h13-14,20-21H,4-9H2,1-3H3/t13-,14+/m1/s1. The molecular formula is C16H25N3O3. The molecule has 0 unspecified atom stereocenters. The number of ether oxygens (including phenoxy) is 1. The molecule has 3 heterocycles. The second-order valence-corrected chi connectivity index (χ2v) is 6.64. The Morgan fingerprint density at radius 3 is 2.18 bits per heavy atom. The van der Waals surface area contributed by atoms with Gasteiger partial charge in [0.05, 0.1) is 18.3 Å². The van der Waals surface area contributed by atoms with Gasteiger partial charge in [0, 0.05) is 30.9 Å². The molecule has 3 rings (SSSR count). The number of aromatic nitrogens is 2. The third kappa shape index (κ3) is 2.83. The van der Waals surface area contributed by atoms with E-state index >= 15 is 0 Å². The topological polar surface area (TPSA) is 78.7 Å². The van der Waals surface area contributed by atoms with Gasteiger partial charge in [-0.15, -0.1) is 0 Å². The fraction of sp³-hybridized carbons (Fsp3) is 0.750. The number of rotatable bonds is 1. The van der Waals surface area contributed by atoms with E-state index in [0.717, 1.165) is 48.8 Å². The van der Waals surface area contributed by atoms with E-state index in [0.29, 0.717) is 6.42 Å². The molecule has 0 aromatic carbocycles. The molecule has 1 aromatic rings. The lowest BCUT2D eigenvalue weighted by Crippen LogP contribution is -2.54. The van der Waals surface area contributed by atoms with E-state index in [1.807, 2.05) is 20.8 Å². The normalized spacial score (nSPS) is 28.1. The van der Waals surface area contributed by atoms with Gasteiger partial charge in [-0.1, -0.05) is 0 Å². The molecule has 6 heteroatoms. The highest BCUT2D eigenvalue weighted by atomic mass is 16.5. The van der Waals surface area contributed by atoms with Crippen LogP contribution in [0.4, 0.5) is 5.95 Å². The largest absolute Gasteiger partial charge is 0.390 e. The average molecular weight is 307 g/mol. The summed E-state index contributed by atoms with van der Waals surface area (Å²) in [5, 5.41) is 19.5. The average Bonchev–Trinajstić information content (AvgIpc) is 2.49. The Labute approximate surface area is 131 Å². The lowest BCUT2D eigenvalue weighted by atomic mass is 9.82. The van der Waals surface area contributed by atoms with Crippen LogP contribution in [0.3, 0.4) is 0 Å². The quantitative estimate of drug-likeness (QED) is 0.802. The van der Waals surface area contributed by atoms with Gasteiger partial charge >= 0.3 is 0 Å². The number of hydrogen-bond acceptors (Lipinski definition) is 6. The van der Waals surface area contributed by atoms with Crippen LogP contribution in [0.5, 0.6) is 0 Å². The van der Waals surface area contributed by atoms with E-state index in [9.17, 15) is 10.2 Å². The van der Waals surface area contributed by atoms with Gasteiger partial charge < -0.3 is 19.8 Å². The third-order valence-corrected chi connectivity index (χ3v) is 5.16. The SMILES string of the molecule is Cc1nc(N2CCC3(CC2)C[C@@H](O)[C@@H](O)CO3)nc(C)c1C. The number of aryl methyl sites for hydroxylation is 2. The summed E-state index contributed by atoms with van der Waals surface area (Å²) in [5.74, 6) is 0.784. The minimum atomic E-state index is -0.755. The Balaban J connectivity index is 1.69. The first-order valence-corrected chi connectivity index (χ1v) is 7.97. The van der Waals surface area contributed by atoms with E-state index in [2.05, 4.69) is 14.9 Å². The zero-order valence-electron chi connectivity index (χ0n) is 13.5. The first kappa shape index (κ1) is 15.6. The first-order valence-electron chi connectivity index (χ1n) is 7.97. The summed E-state index contributed by atoms with van der Waals surface area (Å²) in [6.07, 6.45) is 0.724. The second-order valence-electron chi connectivity index (χ2n) is 6.64. The highest BCUT2D eigenvalue weighted by Gasteiger charge is 2.43. The Morgan fingerprint density at radius 1 is 1.05 bits per heavy atom. The van der Waals surface area contributed by atoms with Crippen LogP contribution in [0, 0.1) is 20.8 Å². The molecule has 0 radical (unpaired) electrons. The number of nitrogens with zero attached hydrogens (tertiary/aromatic N) is 3. The minimum Gasteiger partial charge on any atom is -0.390 e. The maximum Gasteiger partial charge on any atom is 0.225 e. The molecule has 2 fully saturated rings. The summed E-state index contributed by atoms with van der Waals surface area (Å²) in [6, 6.07) is 0. The molecule has 2 aliphatic rings. The number of piperidine rings is 1. The van der Waals surface area contributed by atoms with Crippen molar-refractivity contribution in [1.29, 1.82) is 0 Å². The molecule has 0 saturated carbocycles. The molecule has 22 heavy (non-hydrogen) atoms. The molecule has 0 aliphatic carbocycles. The number of hydrogen-bond donors (Lipinski definition) is 2. The zero-order chi connectivity index (χ0) is 15.9. The van der Waals surface area contributed by atoms with Crippen LogP contribution in [-0.2, 0) is 4.74 Å². The van der Waals surface area contributed by atoms with Crippen molar-refractivity contribution in [2.45, 2.75) is 57.8 Å².